The van der Waals surface area contributed by atoms with E-state index in [1.54, 1.807) is 7.05 Å². The molecule has 1 aromatic carbocycles. The quantitative estimate of drug-likeness (QED) is 0.362. The average molecular weight is 590 g/mol. The molecule has 1 unspecified atom stereocenters. The Morgan fingerprint density at radius 1 is 0.930 bits per heavy atom. The summed E-state index contributed by atoms with van der Waals surface area (Å²) < 4.78 is 0. The first-order valence-electron chi connectivity index (χ1n) is 16.9. The number of aliphatic hydroxyl groups is 1. The number of carbonyl (C=O) groups is 2. The zero-order valence-electron chi connectivity index (χ0n) is 28.0. The maximum atomic E-state index is 14.6. The Morgan fingerprint density at radius 3 is 2.30 bits per heavy atom. The number of hydrogen-bond donors (Lipinski definition) is 1. The number of amides is 1. The van der Waals surface area contributed by atoms with E-state index >= 15 is 0 Å². The molecule has 0 aromatic heterocycles. The maximum Gasteiger partial charge on any atom is 0.251 e. The number of carbonyl (C=O) groups excluding carboxylic acids is 2. The summed E-state index contributed by atoms with van der Waals surface area (Å²) in [6, 6.07) is 9.98. The van der Waals surface area contributed by atoms with Gasteiger partial charge in [-0.25, -0.2) is 5.06 Å². The van der Waals surface area contributed by atoms with E-state index in [1.165, 1.54) is 10.6 Å². The molecule has 236 valence electrons. The van der Waals surface area contributed by atoms with Crippen LogP contribution in [0.1, 0.15) is 112 Å². The highest BCUT2D eigenvalue weighted by molar-refractivity contribution is 5.95. The zero-order chi connectivity index (χ0) is 31.2. The molecule has 0 aliphatic heterocycles. The van der Waals surface area contributed by atoms with Gasteiger partial charge in [0.25, 0.3) is 5.91 Å². The van der Waals surface area contributed by atoms with Gasteiger partial charge in [0.05, 0.1) is 6.10 Å². The molecular weight excluding hydrogens is 534 g/mol. The molecule has 0 bridgehead atoms. The third-order valence-corrected chi connectivity index (χ3v) is 14.6. The van der Waals surface area contributed by atoms with E-state index in [9.17, 15) is 14.7 Å². The van der Waals surface area contributed by atoms with Crippen LogP contribution in [-0.2, 0) is 21.0 Å². The molecule has 0 spiro atoms. The fourth-order valence-electron chi connectivity index (χ4n) is 11.5. The fraction of sp³-hybridized carbons (Fsp3) is 0.737. The number of allylic oxidation sites excluding steroid dienone is 2. The van der Waals surface area contributed by atoms with Crippen molar-refractivity contribution in [2.75, 3.05) is 7.05 Å². The van der Waals surface area contributed by atoms with E-state index in [0.29, 0.717) is 18.3 Å². The first kappa shape index (κ1) is 31.0. The van der Waals surface area contributed by atoms with Gasteiger partial charge in [-0.3, -0.25) is 14.4 Å². The van der Waals surface area contributed by atoms with Crippen molar-refractivity contribution in [1.29, 1.82) is 0 Å². The molecule has 5 aliphatic rings. The Morgan fingerprint density at radius 2 is 1.60 bits per heavy atom. The lowest BCUT2D eigenvalue weighted by molar-refractivity contribution is -0.205. The highest BCUT2D eigenvalue weighted by atomic mass is 16.7. The Kier molecular flexibility index (Phi) is 7.22. The molecule has 5 aliphatic carbocycles. The molecule has 5 nitrogen and oxygen atoms in total. The number of hydroxylamine groups is 2. The van der Waals surface area contributed by atoms with E-state index in [0.717, 1.165) is 63.4 Å². The van der Waals surface area contributed by atoms with Crippen LogP contribution in [0.15, 0.2) is 42.0 Å². The monoisotopic (exact) mass is 589 g/mol. The van der Waals surface area contributed by atoms with Crippen LogP contribution in [0.3, 0.4) is 0 Å². The molecule has 9 atom stereocenters. The predicted molar refractivity (Wildman–Crippen MR) is 169 cm³/mol. The lowest BCUT2D eigenvalue weighted by atomic mass is 9.33. The third-order valence-electron chi connectivity index (χ3n) is 14.6. The molecule has 1 aromatic rings. The largest absolute Gasteiger partial charge is 0.393 e. The van der Waals surface area contributed by atoms with E-state index < -0.39 is 5.41 Å². The summed E-state index contributed by atoms with van der Waals surface area (Å²) in [5.41, 5.74) is 1.40. The SMILES string of the molecule is CN(OCc1ccccc1)C(=O)[C@@]1(C)CC[C@]2(C)CC[C@]3(C)C(=CC(=O)[C@@H]4[C@@]5(C)CC[C@H](O)C(C)(C)C5CC[C@]43C)[C@@H]2C1. The summed E-state index contributed by atoms with van der Waals surface area (Å²) in [6.07, 6.45) is 10.4. The van der Waals surface area contributed by atoms with Crippen LogP contribution in [-0.4, -0.2) is 35.0 Å². The minimum Gasteiger partial charge on any atom is -0.393 e. The standard InChI is InChI=1S/C38H55NO4/c1-33(2)29-14-17-38(7)31(36(29,5)16-15-30(33)41)28(40)22-26-27-23-35(4,19-18-34(27,3)20-21-37(26,38)6)32(42)39(8)43-24-25-12-10-9-11-13-25/h9-13,22,27,29-31,41H,14-21,23-24H2,1-8H3/t27-,29?,30-,31+,34+,35-,36-,37+,38+/m0/s1. The summed E-state index contributed by atoms with van der Waals surface area (Å²) in [6.45, 7) is 16.6. The van der Waals surface area contributed by atoms with Crippen LogP contribution in [0.2, 0.25) is 0 Å². The summed E-state index contributed by atoms with van der Waals surface area (Å²) in [5, 5.41) is 12.5. The van der Waals surface area contributed by atoms with Crippen LogP contribution < -0.4 is 0 Å². The van der Waals surface area contributed by atoms with Crippen LogP contribution in [0, 0.1) is 50.2 Å². The molecule has 1 amide bonds. The van der Waals surface area contributed by atoms with Gasteiger partial charge in [-0.05, 0) is 108 Å². The number of aliphatic hydroxyl groups excluding tert-OH is 1. The van der Waals surface area contributed by atoms with Gasteiger partial charge in [0.15, 0.2) is 5.78 Å². The highest BCUT2D eigenvalue weighted by Gasteiger charge is 2.70. The summed E-state index contributed by atoms with van der Waals surface area (Å²) in [7, 11) is 1.76. The minimum absolute atomic E-state index is 0.0299. The molecule has 0 heterocycles. The summed E-state index contributed by atoms with van der Waals surface area (Å²) in [4.78, 5) is 34.5. The fourth-order valence-corrected chi connectivity index (χ4v) is 11.5. The van der Waals surface area contributed by atoms with E-state index in [-0.39, 0.29) is 50.9 Å². The number of fused-ring (bicyclic) bond motifs is 7. The van der Waals surface area contributed by atoms with Crippen molar-refractivity contribution in [3.63, 3.8) is 0 Å². The molecule has 1 N–H and O–H groups in total. The maximum absolute atomic E-state index is 14.6. The third kappa shape index (κ3) is 4.37. The first-order chi connectivity index (χ1) is 20.0. The lowest BCUT2D eigenvalue weighted by Crippen LogP contribution is -2.66. The zero-order valence-corrected chi connectivity index (χ0v) is 28.0. The first-order valence-corrected chi connectivity index (χ1v) is 16.9. The van der Waals surface area contributed by atoms with Gasteiger partial charge in [-0.15, -0.1) is 0 Å². The topological polar surface area (TPSA) is 66.8 Å². The van der Waals surface area contributed by atoms with Crippen LogP contribution in [0.5, 0.6) is 0 Å². The van der Waals surface area contributed by atoms with Crippen molar-refractivity contribution in [1.82, 2.24) is 5.06 Å². The second kappa shape index (κ2) is 10.0. The molecule has 43 heavy (non-hydrogen) atoms. The van der Waals surface area contributed by atoms with Crippen molar-refractivity contribution in [2.24, 2.45) is 50.2 Å². The average Bonchev–Trinajstić information content (AvgIpc) is 2.96. The smallest absolute Gasteiger partial charge is 0.251 e. The Labute approximate surface area is 259 Å². The molecular formula is C38H55NO4. The summed E-state index contributed by atoms with van der Waals surface area (Å²) >= 11 is 0. The number of hydrogen-bond acceptors (Lipinski definition) is 4. The Balaban J connectivity index is 1.31. The number of ketones is 1. The Bertz CT molecular complexity index is 1320. The van der Waals surface area contributed by atoms with Crippen molar-refractivity contribution in [3.05, 3.63) is 47.5 Å². The molecule has 6 rings (SSSR count). The molecule has 0 radical (unpaired) electrons. The van der Waals surface area contributed by atoms with Gasteiger partial charge in [0.2, 0.25) is 0 Å². The van der Waals surface area contributed by atoms with E-state index in [2.05, 4.69) is 54.5 Å². The van der Waals surface area contributed by atoms with Crippen molar-refractivity contribution in [3.8, 4) is 0 Å². The summed E-state index contributed by atoms with van der Waals surface area (Å²) in [5.74, 6) is 0.854. The van der Waals surface area contributed by atoms with Crippen LogP contribution in [0.25, 0.3) is 0 Å². The van der Waals surface area contributed by atoms with Crippen LogP contribution in [0.4, 0.5) is 0 Å². The Hall–Kier alpha value is -1.98. The van der Waals surface area contributed by atoms with Gasteiger partial charge < -0.3 is 5.11 Å². The minimum atomic E-state index is -0.539. The second-order valence-electron chi connectivity index (χ2n) is 17.2. The molecule has 5 heteroatoms. The molecule has 0 saturated heterocycles. The van der Waals surface area contributed by atoms with Crippen molar-refractivity contribution in [2.45, 2.75) is 119 Å². The van der Waals surface area contributed by atoms with Gasteiger partial charge >= 0.3 is 0 Å². The van der Waals surface area contributed by atoms with Crippen molar-refractivity contribution >= 4 is 11.7 Å². The highest BCUT2D eigenvalue weighted by Crippen LogP contribution is 2.75. The van der Waals surface area contributed by atoms with Gasteiger partial charge in [0.1, 0.15) is 6.61 Å². The predicted octanol–water partition coefficient (Wildman–Crippen LogP) is 7.92. The van der Waals surface area contributed by atoms with Crippen LogP contribution >= 0.6 is 0 Å². The van der Waals surface area contributed by atoms with Crippen molar-refractivity contribution < 1.29 is 19.5 Å². The van der Waals surface area contributed by atoms with Gasteiger partial charge in [-0.2, -0.15) is 0 Å². The second-order valence-corrected chi connectivity index (χ2v) is 17.2. The lowest BCUT2D eigenvalue weighted by Gasteiger charge is -2.70. The number of nitrogens with zero attached hydrogens (tertiary/aromatic N) is 1. The van der Waals surface area contributed by atoms with Gasteiger partial charge in [0, 0.05) is 18.4 Å². The molecule has 4 saturated carbocycles. The number of benzene rings is 1. The normalized spacial score (nSPS) is 45.1. The number of rotatable bonds is 4. The van der Waals surface area contributed by atoms with Gasteiger partial charge in [-0.1, -0.05) is 84.4 Å². The van der Waals surface area contributed by atoms with E-state index in [4.69, 9.17) is 4.84 Å². The van der Waals surface area contributed by atoms with E-state index in [1.807, 2.05) is 30.3 Å². The molecule has 4 fully saturated rings.